The van der Waals surface area contributed by atoms with Crippen molar-refractivity contribution in [1.82, 2.24) is 9.97 Å². The van der Waals surface area contributed by atoms with Gasteiger partial charge in [0, 0.05) is 18.2 Å². The third kappa shape index (κ3) is 3.20. The summed E-state index contributed by atoms with van der Waals surface area (Å²) in [5.74, 6) is 1.75. The lowest BCUT2D eigenvalue weighted by Gasteiger charge is -2.09. The molecule has 1 aromatic carbocycles. The highest BCUT2D eigenvalue weighted by atomic mass is 16.5. The van der Waals surface area contributed by atoms with Crippen LogP contribution in [0, 0.1) is 0 Å². The van der Waals surface area contributed by atoms with E-state index in [0.29, 0.717) is 24.9 Å². The van der Waals surface area contributed by atoms with Gasteiger partial charge in [-0.2, -0.15) is 0 Å². The summed E-state index contributed by atoms with van der Waals surface area (Å²) in [5.41, 5.74) is 7.43. The Morgan fingerprint density at radius 2 is 2.00 bits per heavy atom. The number of nitrogen functional groups attached to an aromatic ring is 1. The van der Waals surface area contributed by atoms with E-state index in [1.165, 1.54) is 0 Å². The molecule has 0 atom stereocenters. The molecule has 2 N–H and O–H groups in total. The third-order valence-electron chi connectivity index (χ3n) is 2.61. The summed E-state index contributed by atoms with van der Waals surface area (Å²) in [4.78, 5) is 8.61. The maximum absolute atomic E-state index is 5.81. The minimum absolute atomic E-state index is 0.351. The molecular formula is C14H17N3O2. The van der Waals surface area contributed by atoms with E-state index in [1.807, 2.05) is 31.2 Å². The van der Waals surface area contributed by atoms with Gasteiger partial charge in [-0.1, -0.05) is 12.1 Å². The van der Waals surface area contributed by atoms with Crippen LogP contribution in [0.1, 0.15) is 12.7 Å². The Balaban J connectivity index is 2.41. The van der Waals surface area contributed by atoms with Crippen molar-refractivity contribution in [2.45, 2.75) is 13.5 Å². The maximum atomic E-state index is 5.81. The maximum Gasteiger partial charge on any atom is 0.157 e. The van der Waals surface area contributed by atoms with E-state index in [-0.39, 0.29) is 0 Å². The molecule has 1 aromatic heterocycles. The lowest BCUT2D eigenvalue weighted by Crippen LogP contribution is -2.04. The van der Waals surface area contributed by atoms with Gasteiger partial charge in [0.1, 0.15) is 18.2 Å². The van der Waals surface area contributed by atoms with Crippen molar-refractivity contribution >= 4 is 5.82 Å². The summed E-state index contributed by atoms with van der Waals surface area (Å²) in [6.45, 7) is 2.89. The van der Waals surface area contributed by atoms with Crippen molar-refractivity contribution in [2.75, 3.05) is 19.5 Å². The fourth-order valence-corrected chi connectivity index (χ4v) is 1.77. The molecule has 5 nitrogen and oxygen atoms in total. The average Bonchev–Trinajstić information content (AvgIpc) is 2.44. The number of methoxy groups -OCH3 is 1. The van der Waals surface area contributed by atoms with Gasteiger partial charge in [0.25, 0.3) is 0 Å². The quantitative estimate of drug-likeness (QED) is 0.892. The number of ether oxygens (including phenoxy) is 2. The van der Waals surface area contributed by atoms with Crippen molar-refractivity contribution in [1.29, 1.82) is 0 Å². The molecule has 0 saturated carbocycles. The molecule has 0 aliphatic rings. The summed E-state index contributed by atoms with van der Waals surface area (Å²) in [5, 5.41) is 0. The second-order valence-corrected chi connectivity index (χ2v) is 3.93. The summed E-state index contributed by atoms with van der Waals surface area (Å²) < 4.78 is 10.6. The molecule has 5 heteroatoms. The molecule has 0 bridgehead atoms. The zero-order chi connectivity index (χ0) is 13.7. The first-order valence-electron chi connectivity index (χ1n) is 6.09. The minimum atomic E-state index is 0.351. The molecule has 0 unspecified atom stereocenters. The first kappa shape index (κ1) is 13.3. The number of nitrogens with zero attached hydrogens (tertiary/aromatic N) is 2. The van der Waals surface area contributed by atoms with Crippen molar-refractivity contribution in [2.24, 2.45) is 0 Å². The van der Waals surface area contributed by atoms with Crippen LogP contribution in [0.5, 0.6) is 5.75 Å². The zero-order valence-corrected chi connectivity index (χ0v) is 11.1. The molecule has 0 radical (unpaired) electrons. The number of rotatable bonds is 5. The molecule has 19 heavy (non-hydrogen) atoms. The SMILES string of the molecule is CCOCc1nc(N)cc(-c2ccccc2OC)n1. The van der Waals surface area contributed by atoms with Crippen LogP contribution < -0.4 is 10.5 Å². The first-order valence-corrected chi connectivity index (χ1v) is 6.09. The third-order valence-corrected chi connectivity index (χ3v) is 2.61. The molecule has 1 heterocycles. The number of hydrogen-bond donors (Lipinski definition) is 1. The summed E-state index contributed by atoms with van der Waals surface area (Å²) in [7, 11) is 1.63. The average molecular weight is 259 g/mol. The summed E-state index contributed by atoms with van der Waals surface area (Å²) in [6.07, 6.45) is 0. The van der Waals surface area contributed by atoms with Gasteiger partial charge in [-0.15, -0.1) is 0 Å². The molecule has 0 aliphatic heterocycles. The normalized spacial score (nSPS) is 10.4. The topological polar surface area (TPSA) is 70.3 Å². The Labute approximate surface area is 112 Å². The van der Waals surface area contributed by atoms with E-state index in [2.05, 4.69) is 9.97 Å². The fraction of sp³-hybridized carbons (Fsp3) is 0.286. The molecule has 0 fully saturated rings. The van der Waals surface area contributed by atoms with Crippen molar-refractivity contribution < 1.29 is 9.47 Å². The van der Waals surface area contributed by atoms with Crippen LogP contribution in [0.2, 0.25) is 0 Å². The van der Waals surface area contributed by atoms with Crippen LogP contribution in [-0.2, 0) is 11.3 Å². The number of hydrogen-bond acceptors (Lipinski definition) is 5. The van der Waals surface area contributed by atoms with Gasteiger partial charge in [-0.25, -0.2) is 9.97 Å². The standard InChI is InChI=1S/C14H17N3O2/c1-3-19-9-14-16-11(8-13(15)17-14)10-6-4-5-7-12(10)18-2/h4-8H,3,9H2,1-2H3,(H2,15,16,17). The predicted octanol–water partition coefficient (Wildman–Crippen LogP) is 2.27. The highest BCUT2D eigenvalue weighted by Gasteiger charge is 2.09. The van der Waals surface area contributed by atoms with E-state index < -0.39 is 0 Å². The molecule has 100 valence electrons. The second kappa shape index (κ2) is 6.15. The largest absolute Gasteiger partial charge is 0.496 e. The second-order valence-electron chi connectivity index (χ2n) is 3.93. The molecule has 2 aromatic rings. The van der Waals surface area contributed by atoms with Gasteiger partial charge >= 0.3 is 0 Å². The van der Waals surface area contributed by atoms with E-state index in [9.17, 15) is 0 Å². The Morgan fingerprint density at radius 3 is 2.74 bits per heavy atom. The number of anilines is 1. The van der Waals surface area contributed by atoms with Crippen LogP contribution >= 0.6 is 0 Å². The molecule has 0 amide bonds. The Morgan fingerprint density at radius 1 is 1.21 bits per heavy atom. The molecule has 0 spiro atoms. The van der Waals surface area contributed by atoms with Crippen molar-refractivity contribution in [3.8, 4) is 17.0 Å². The molecule has 0 aliphatic carbocycles. The fourth-order valence-electron chi connectivity index (χ4n) is 1.77. The summed E-state index contributed by atoms with van der Waals surface area (Å²) in [6, 6.07) is 9.39. The van der Waals surface area contributed by atoms with Gasteiger partial charge in [0.15, 0.2) is 5.82 Å². The van der Waals surface area contributed by atoms with Gasteiger partial charge in [0.05, 0.1) is 12.8 Å². The Kier molecular flexibility index (Phi) is 4.30. The first-order chi connectivity index (χ1) is 9.24. The molecule has 0 saturated heterocycles. The van der Waals surface area contributed by atoms with E-state index in [4.69, 9.17) is 15.2 Å². The van der Waals surface area contributed by atoms with Crippen LogP contribution in [-0.4, -0.2) is 23.7 Å². The van der Waals surface area contributed by atoms with Crippen LogP contribution in [0.4, 0.5) is 5.82 Å². The van der Waals surface area contributed by atoms with Gasteiger partial charge in [-0.3, -0.25) is 0 Å². The van der Waals surface area contributed by atoms with E-state index in [0.717, 1.165) is 17.0 Å². The van der Waals surface area contributed by atoms with Crippen LogP contribution in [0.15, 0.2) is 30.3 Å². The van der Waals surface area contributed by atoms with Gasteiger partial charge in [-0.05, 0) is 19.1 Å². The van der Waals surface area contributed by atoms with Gasteiger partial charge in [0.2, 0.25) is 0 Å². The summed E-state index contributed by atoms with van der Waals surface area (Å²) >= 11 is 0. The lowest BCUT2D eigenvalue weighted by atomic mass is 10.1. The Bertz CT molecular complexity index is 558. The van der Waals surface area contributed by atoms with Crippen molar-refractivity contribution in [3.05, 3.63) is 36.2 Å². The Hall–Kier alpha value is -2.14. The number of nitrogens with two attached hydrogens (primary N) is 1. The number of aromatic nitrogens is 2. The van der Waals surface area contributed by atoms with Crippen LogP contribution in [0.3, 0.4) is 0 Å². The van der Waals surface area contributed by atoms with E-state index in [1.54, 1.807) is 13.2 Å². The monoisotopic (exact) mass is 259 g/mol. The highest BCUT2D eigenvalue weighted by Crippen LogP contribution is 2.28. The van der Waals surface area contributed by atoms with Crippen LogP contribution in [0.25, 0.3) is 11.3 Å². The van der Waals surface area contributed by atoms with Crippen molar-refractivity contribution in [3.63, 3.8) is 0 Å². The minimum Gasteiger partial charge on any atom is -0.496 e. The lowest BCUT2D eigenvalue weighted by molar-refractivity contribution is 0.128. The number of benzene rings is 1. The van der Waals surface area contributed by atoms with Gasteiger partial charge < -0.3 is 15.2 Å². The highest BCUT2D eigenvalue weighted by molar-refractivity contribution is 5.68. The van der Waals surface area contributed by atoms with E-state index >= 15 is 0 Å². The molecular weight excluding hydrogens is 242 g/mol. The number of para-hydroxylation sites is 1. The zero-order valence-electron chi connectivity index (χ0n) is 11.1. The smallest absolute Gasteiger partial charge is 0.157 e. The molecule has 2 rings (SSSR count). The predicted molar refractivity (Wildman–Crippen MR) is 73.8 cm³/mol.